The number of fused-ring (bicyclic) bond motifs is 1. The molecule has 0 unspecified atom stereocenters. The molecule has 7 rings (SSSR count). The van der Waals surface area contributed by atoms with Crippen molar-refractivity contribution >= 4 is 55.5 Å². The minimum Gasteiger partial charge on any atom is -0.329 e. The molecule has 0 fully saturated rings. The summed E-state index contributed by atoms with van der Waals surface area (Å²) < 4.78 is 15.1. The van der Waals surface area contributed by atoms with Crippen LogP contribution >= 0.6 is 34.3 Å². The van der Waals surface area contributed by atoms with E-state index in [1.54, 1.807) is 35.8 Å². The SMILES string of the molecule is O=C(Nc1nc(-c2ccccn2)cs1)c1ccc(F)c(-c2cccc(-c3nc(=O)c4c(-c5ccccc5Cl)csc4[nH]3)n2)c1. The van der Waals surface area contributed by atoms with Crippen LogP contribution in [0.2, 0.25) is 5.02 Å². The van der Waals surface area contributed by atoms with Gasteiger partial charge in [-0.15, -0.1) is 22.7 Å². The molecule has 0 radical (unpaired) electrons. The number of aromatic nitrogens is 5. The Morgan fingerprint density at radius 3 is 2.45 bits per heavy atom. The lowest BCUT2D eigenvalue weighted by molar-refractivity contribution is 0.102. The zero-order chi connectivity index (χ0) is 30.2. The lowest BCUT2D eigenvalue weighted by atomic mass is 10.1. The molecule has 214 valence electrons. The molecule has 0 aliphatic heterocycles. The third-order valence-electron chi connectivity index (χ3n) is 6.76. The zero-order valence-electron chi connectivity index (χ0n) is 22.4. The van der Waals surface area contributed by atoms with Crippen molar-refractivity contribution in [2.45, 2.75) is 0 Å². The fourth-order valence-electron chi connectivity index (χ4n) is 4.67. The molecule has 2 aromatic carbocycles. The number of hydrogen-bond donors (Lipinski definition) is 2. The van der Waals surface area contributed by atoms with Crippen molar-refractivity contribution in [1.29, 1.82) is 0 Å². The third kappa shape index (κ3) is 5.28. The summed E-state index contributed by atoms with van der Waals surface area (Å²) in [4.78, 5) is 47.6. The lowest BCUT2D eigenvalue weighted by Crippen LogP contribution is -2.12. The number of halogens is 2. The summed E-state index contributed by atoms with van der Waals surface area (Å²) in [6.45, 7) is 0. The standard InChI is InChI=1S/C32H18ClFN6O2S2/c33-21-7-2-1-6-18(21)20-15-43-31-27(20)30(42)38-28(39-31)25-10-5-9-23(36-25)19-14-17(11-12-22(19)34)29(41)40-32-37-26(16-44-32)24-8-3-4-13-35-24/h1-16H,(H,37,40,41)(H,38,39,42). The number of pyridine rings is 2. The van der Waals surface area contributed by atoms with Crippen LogP contribution in [0.1, 0.15) is 10.4 Å². The molecule has 12 heteroatoms. The number of carbonyl (C=O) groups excluding carboxylic acids is 1. The van der Waals surface area contributed by atoms with Gasteiger partial charge < -0.3 is 4.98 Å². The highest BCUT2D eigenvalue weighted by atomic mass is 35.5. The number of H-pyrrole nitrogens is 1. The summed E-state index contributed by atoms with van der Waals surface area (Å²) in [5.41, 5.74) is 3.28. The molecule has 5 heterocycles. The van der Waals surface area contributed by atoms with Gasteiger partial charge in [0.2, 0.25) is 0 Å². The lowest BCUT2D eigenvalue weighted by Gasteiger charge is -2.08. The Morgan fingerprint density at radius 1 is 0.795 bits per heavy atom. The molecule has 7 aromatic rings. The van der Waals surface area contributed by atoms with Gasteiger partial charge in [-0.2, -0.15) is 4.98 Å². The summed E-state index contributed by atoms with van der Waals surface area (Å²) >= 11 is 9.00. The summed E-state index contributed by atoms with van der Waals surface area (Å²) in [7, 11) is 0. The smallest absolute Gasteiger partial charge is 0.282 e. The first kappa shape index (κ1) is 27.7. The number of carbonyl (C=O) groups is 1. The maximum Gasteiger partial charge on any atom is 0.282 e. The van der Waals surface area contributed by atoms with E-state index in [4.69, 9.17) is 11.6 Å². The van der Waals surface area contributed by atoms with Crippen LogP contribution < -0.4 is 10.9 Å². The van der Waals surface area contributed by atoms with E-state index in [1.807, 2.05) is 41.8 Å². The van der Waals surface area contributed by atoms with Gasteiger partial charge in [-0.1, -0.05) is 41.9 Å². The van der Waals surface area contributed by atoms with Gasteiger partial charge in [0.1, 0.15) is 22.0 Å². The monoisotopic (exact) mass is 636 g/mol. The maximum absolute atomic E-state index is 15.1. The molecule has 0 saturated heterocycles. The Morgan fingerprint density at radius 2 is 1.61 bits per heavy atom. The highest BCUT2D eigenvalue weighted by molar-refractivity contribution is 7.17. The zero-order valence-corrected chi connectivity index (χ0v) is 24.8. The fourth-order valence-corrected chi connectivity index (χ4v) is 6.55. The number of anilines is 1. The van der Waals surface area contributed by atoms with Crippen LogP contribution in [0.15, 0.2) is 101 Å². The molecule has 0 saturated carbocycles. The second kappa shape index (κ2) is 11.5. The molecule has 1 amide bonds. The number of aromatic amines is 1. The average molecular weight is 637 g/mol. The Kier molecular flexibility index (Phi) is 7.26. The molecule has 0 aliphatic carbocycles. The molecule has 2 N–H and O–H groups in total. The number of thiophene rings is 1. The molecule has 0 atom stereocenters. The van der Waals surface area contributed by atoms with Crippen LogP contribution in [0.3, 0.4) is 0 Å². The van der Waals surface area contributed by atoms with Crippen LogP contribution in [0.5, 0.6) is 0 Å². The van der Waals surface area contributed by atoms with E-state index in [1.165, 1.54) is 40.9 Å². The Hall–Kier alpha value is -5.10. The van der Waals surface area contributed by atoms with Gasteiger partial charge in [0, 0.05) is 44.2 Å². The van der Waals surface area contributed by atoms with Crippen LogP contribution in [0.4, 0.5) is 9.52 Å². The molecule has 0 bridgehead atoms. The van der Waals surface area contributed by atoms with Crippen LogP contribution in [0, 0.1) is 5.82 Å². The highest BCUT2D eigenvalue weighted by Gasteiger charge is 2.18. The van der Waals surface area contributed by atoms with Gasteiger partial charge in [0.15, 0.2) is 11.0 Å². The predicted octanol–water partition coefficient (Wildman–Crippen LogP) is 7.94. The van der Waals surface area contributed by atoms with Crippen molar-refractivity contribution in [3.8, 4) is 45.3 Å². The second-order valence-corrected chi connectivity index (χ2v) is 11.7. The number of nitrogens with one attached hydrogen (secondary N) is 2. The number of nitrogens with zero attached hydrogens (tertiary/aromatic N) is 4. The summed E-state index contributed by atoms with van der Waals surface area (Å²) in [6, 6.07) is 21.8. The minimum absolute atomic E-state index is 0.119. The van der Waals surface area contributed by atoms with Crippen molar-refractivity contribution in [2.75, 3.05) is 5.32 Å². The van der Waals surface area contributed by atoms with E-state index < -0.39 is 17.3 Å². The van der Waals surface area contributed by atoms with Gasteiger partial charge in [-0.05, 0) is 48.5 Å². The van der Waals surface area contributed by atoms with Crippen molar-refractivity contribution in [3.05, 3.63) is 123 Å². The maximum atomic E-state index is 15.1. The van der Waals surface area contributed by atoms with E-state index in [0.29, 0.717) is 43.0 Å². The summed E-state index contributed by atoms with van der Waals surface area (Å²) in [5, 5.41) is 7.77. The molecular formula is C32H18ClFN6O2S2. The van der Waals surface area contributed by atoms with Gasteiger partial charge in [0.05, 0.1) is 16.8 Å². The first-order valence-electron chi connectivity index (χ1n) is 13.2. The largest absolute Gasteiger partial charge is 0.329 e. The van der Waals surface area contributed by atoms with Gasteiger partial charge in [-0.3, -0.25) is 19.9 Å². The first-order chi connectivity index (χ1) is 21.4. The van der Waals surface area contributed by atoms with E-state index in [9.17, 15) is 9.59 Å². The van der Waals surface area contributed by atoms with Gasteiger partial charge >= 0.3 is 0 Å². The Balaban J connectivity index is 1.18. The number of hydrogen-bond acceptors (Lipinski definition) is 8. The van der Waals surface area contributed by atoms with Crippen LogP contribution in [0.25, 0.3) is 55.5 Å². The Labute approximate surface area is 261 Å². The highest BCUT2D eigenvalue weighted by Crippen LogP contribution is 2.35. The van der Waals surface area contributed by atoms with E-state index >= 15 is 4.39 Å². The second-order valence-electron chi connectivity index (χ2n) is 9.53. The minimum atomic E-state index is -0.558. The van der Waals surface area contributed by atoms with Crippen molar-refractivity contribution in [3.63, 3.8) is 0 Å². The van der Waals surface area contributed by atoms with Gasteiger partial charge in [-0.25, -0.2) is 14.4 Å². The number of thiazole rings is 1. The number of rotatable bonds is 6. The van der Waals surface area contributed by atoms with E-state index in [2.05, 4.69) is 30.2 Å². The van der Waals surface area contributed by atoms with Crippen molar-refractivity contribution < 1.29 is 9.18 Å². The van der Waals surface area contributed by atoms with Crippen LogP contribution in [-0.2, 0) is 0 Å². The predicted molar refractivity (Wildman–Crippen MR) is 173 cm³/mol. The molecule has 0 spiro atoms. The van der Waals surface area contributed by atoms with Gasteiger partial charge in [0.25, 0.3) is 11.5 Å². The summed E-state index contributed by atoms with van der Waals surface area (Å²) in [5.74, 6) is -0.774. The molecule has 44 heavy (non-hydrogen) atoms. The summed E-state index contributed by atoms with van der Waals surface area (Å²) in [6.07, 6.45) is 1.67. The average Bonchev–Trinajstić information content (AvgIpc) is 3.70. The van der Waals surface area contributed by atoms with E-state index in [-0.39, 0.29) is 22.6 Å². The molecular weight excluding hydrogens is 619 g/mol. The van der Waals surface area contributed by atoms with Crippen molar-refractivity contribution in [1.82, 2.24) is 24.9 Å². The quantitative estimate of drug-likeness (QED) is 0.192. The van der Waals surface area contributed by atoms with E-state index in [0.717, 1.165) is 5.56 Å². The number of amides is 1. The molecule has 8 nitrogen and oxygen atoms in total. The Bertz CT molecular complexity index is 2250. The van der Waals surface area contributed by atoms with Crippen LogP contribution in [-0.4, -0.2) is 30.8 Å². The van der Waals surface area contributed by atoms with Crippen molar-refractivity contribution in [2.24, 2.45) is 0 Å². The fraction of sp³-hybridized carbons (Fsp3) is 0. The topological polar surface area (TPSA) is 114 Å². The number of benzene rings is 2. The molecule has 5 aromatic heterocycles. The third-order valence-corrected chi connectivity index (χ3v) is 8.75. The normalized spacial score (nSPS) is 11.1. The molecule has 0 aliphatic rings. The first-order valence-corrected chi connectivity index (χ1v) is 15.3.